The quantitative estimate of drug-likeness (QED) is 0.932. The van der Waals surface area contributed by atoms with Gasteiger partial charge in [-0.05, 0) is 28.1 Å². The van der Waals surface area contributed by atoms with Gasteiger partial charge in [-0.1, -0.05) is 12.1 Å². The second-order valence-electron chi connectivity index (χ2n) is 3.80. The largest absolute Gasteiger partial charge is 0.285 e. The Hall–Kier alpha value is -1.18. The number of hydrogen-bond acceptors (Lipinski definition) is 3. The van der Waals surface area contributed by atoms with Crippen molar-refractivity contribution in [2.24, 2.45) is 0 Å². The SMILES string of the molecule is CN(Cc1cn[nH]c1)S(=O)(=O)c1ccccc1Br. The molecule has 2 aromatic rings. The fourth-order valence-electron chi connectivity index (χ4n) is 1.53. The smallest absolute Gasteiger partial charge is 0.244 e. The van der Waals surface area contributed by atoms with Crippen LogP contribution in [-0.2, 0) is 16.6 Å². The van der Waals surface area contributed by atoms with Crippen LogP contribution < -0.4 is 0 Å². The van der Waals surface area contributed by atoms with Gasteiger partial charge >= 0.3 is 0 Å². The molecule has 0 unspecified atom stereocenters. The summed E-state index contributed by atoms with van der Waals surface area (Å²) in [6.07, 6.45) is 3.28. The molecule has 0 saturated carbocycles. The zero-order valence-electron chi connectivity index (χ0n) is 9.67. The first-order chi connectivity index (χ1) is 8.51. The lowest BCUT2D eigenvalue weighted by Crippen LogP contribution is -2.26. The van der Waals surface area contributed by atoms with Crippen LogP contribution in [0.4, 0.5) is 0 Å². The summed E-state index contributed by atoms with van der Waals surface area (Å²) in [6, 6.07) is 6.76. The van der Waals surface area contributed by atoms with E-state index < -0.39 is 10.0 Å². The fourth-order valence-corrected chi connectivity index (χ4v) is 3.65. The number of H-pyrrole nitrogens is 1. The molecule has 0 spiro atoms. The molecule has 1 aromatic carbocycles. The molecular weight excluding hydrogens is 318 g/mol. The first-order valence-corrected chi connectivity index (χ1v) is 7.43. The third kappa shape index (κ3) is 2.63. The van der Waals surface area contributed by atoms with E-state index in [0.29, 0.717) is 4.47 Å². The van der Waals surface area contributed by atoms with Gasteiger partial charge in [0.05, 0.1) is 11.1 Å². The van der Waals surface area contributed by atoms with Crippen LogP contribution >= 0.6 is 15.9 Å². The second-order valence-corrected chi connectivity index (χ2v) is 6.67. The Morgan fingerprint density at radius 1 is 1.39 bits per heavy atom. The Balaban J connectivity index is 2.29. The number of hydrogen-bond donors (Lipinski definition) is 1. The minimum atomic E-state index is -3.50. The van der Waals surface area contributed by atoms with E-state index in [2.05, 4.69) is 26.1 Å². The predicted molar refractivity (Wildman–Crippen MR) is 71.4 cm³/mol. The minimum absolute atomic E-state index is 0.260. The Kier molecular flexibility index (Phi) is 3.84. The number of halogens is 1. The highest BCUT2D eigenvalue weighted by Gasteiger charge is 2.23. The van der Waals surface area contributed by atoms with Crippen LogP contribution in [0.5, 0.6) is 0 Å². The van der Waals surface area contributed by atoms with Gasteiger partial charge < -0.3 is 0 Å². The van der Waals surface area contributed by atoms with Gasteiger partial charge in [-0.2, -0.15) is 9.40 Å². The average Bonchev–Trinajstić information content (AvgIpc) is 2.82. The zero-order chi connectivity index (χ0) is 13.2. The van der Waals surface area contributed by atoms with Crippen LogP contribution in [0.25, 0.3) is 0 Å². The molecule has 0 amide bonds. The van der Waals surface area contributed by atoms with Gasteiger partial charge in [-0.15, -0.1) is 0 Å². The van der Waals surface area contributed by atoms with Crippen molar-refractivity contribution in [2.45, 2.75) is 11.4 Å². The highest BCUT2D eigenvalue weighted by atomic mass is 79.9. The van der Waals surface area contributed by atoms with Crippen molar-refractivity contribution in [1.82, 2.24) is 14.5 Å². The van der Waals surface area contributed by atoms with Crippen LogP contribution in [0.15, 0.2) is 46.0 Å². The third-order valence-electron chi connectivity index (χ3n) is 2.48. The van der Waals surface area contributed by atoms with Crippen LogP contribution in [0, 0.1) is 0 Å². The molecule has 1 N–H and O–H groups in total. The topological polar surface area (TPSA) is 66.1 Å². The normalized spacial score (nSPS) is 11.9. The monoisotopic (exact) mass is 329 g/mol. The molecule has 1 heterocycles. The molecule has 0 fully saturated rings. The van der Waals surface area contributed by atoms with Crippen molar-refractivity contribution in [1.29, 1.82) is 0 Å². The molecule has 0 atom stereocenters. The van der Waals surface area contributed by atoms with Crippen molar-refractivity contribution in [3.8, 4) is 0 Å². The zero-order valence-corrected chi connectivity index (χ0v) is 12.1. The highest BCUT2D eigenvalue weighted by molar-refractivity contribution is 9.10. The highest BCUT2D eigenvalue weighted by Crippen LogP contribution is 2.24. The average molecular weight is 330 g/mol. The number of aromatic amines is 1. The van der Waals surface area contributed by atoms with E-state index in [1.54, 1.807) is 43.7 Å². The molecule has 18 heavy (non-hydrogen) atoms. The van der Waals surface area contributed by atoms with Gasteiger partial charge in [0.15, 0.2) is 0 Å². The van der Waals surface area contributed by atoms with Crippen molar-refractivity contribution >= 4 is 26.0 Å². The van der Waals surface area contributed by atoms with Gasteiger partial charge in [-0.25, -0.2) is 8.42 Å². The molecule has 96 valence electrons. The van der Waals surface area contributed by atoms with E-state index in [1.807, 2.05) is 0 Å². The Morgan fingerprint density at radius 2 is 2.11 bits per heavy atom. The van der Waals surface area contributed by atoms with Crippen molar-refractivity contribution in [3.63, 3.8) is 0 Å². The Morgan fingerprint density at radius 3 is 2.72 bits per heavy atom. The van der Waals surface area contributed by atoms with Gasteiger partial charge in [0.2, 0.25) is 10.0 Å². The van der Waals surface area contributed by atoms with Crippen molar-refractivity contribution < 1.29 is 8.42 Å². The summed E-state index contributed by atoms with van der Waals surface area (Å²) in [5, 5.41) is 6.45. The van der Waals surface area contributed by atoms with Crippen LogP contribution in [-0.4, -0.2) is 30.0 Å². The Bertz CT molecular complexity index is 625. The van der Waals surface area contributed by atoms with E-state index >= 15 is 0 Å². The molecule has 1 aromatic heterocycles. The van der Waals surface area contributed by atoms with E-state index in [4.69, 9.17) is 0 Å². The minimum Gasteiger partial charge on any atom is -0.285 e. The summed E-state index contributed by atoms with van der Waals surface area (Å²) in [5.74, 6) is 0. The summed E-state index contributed by atoms with van der Waals surface area (Å²) < 4.78 is 26.5. The summed E-state index contributed by atoms with van der Waals surface area (Å²) in [5.41, 5.74) is 0.813. The molecule has 0 radical (unpaired) electrons. The van der Waals surface area contributed by atoms with Gasteiger partial charge in [0.1, 0.15) is 0 Å². The molecule has 0 bridgehead atoms. The number of aromatic nitrogens is 2. The third-order valence-corrected chi connectivity index (χ3v) is 5.30. The number of benzene rings is 1. The summed E-state index contributed by atoms with van der Waals surface area (Å²) in [7, 11) is -1.96. The molecule has 2 rings (SSSR count). The van der Waals surface area contributed by atoms with Gasteiger partial charge in [0.25, 0.3) is 0 Å². The molecule has 7 heteroatoms. The number of nitrogens with zero attached hydrogens (tertiary/aromatic N) is 2. The van der Waals surface area contributed by atoms with Crippen molar-refractivity contribution in [3.05, 3.63) is 46.7 Å². The maximum atomic E-state index is 12.3. The van der Waals surface area contributed by atoms with Crippen molar-refractivity contribution in [2.75, 3.05) is 7.05 Å². The molecule has 5 nitrogen and oxygen atoms in total. The standard InChI is InChI=1S/C11H12BrN3O2S/c1-15(8-9-6-13-14-7-9)18(16,17)11-5-3-2-4-10(11)12/h2-7H,8H2,1H3,(H,13,14). The van der Waals surface area contributed by atoms with E-state index in [-0.39, 0.29) is 11.4 Å². The first kappa shape index (κ1) is 13.3. The number of nitrogens with one attached hydrogen (secondary N) is 1. The summed E-state index contributed by atoms with van der Waals surface area (Å²) >= 11 is 3.25. The van der Waals surface area contributed by atoms with E-state index in [9.17, 15) is 8.42 Å². The lowest BCUT2D eigenvalue weighted by molar-refractivity contribution is 0.466. The second kappa shape index (κ2) is 5.21. The number of rotatable bonds is 4. The number of sulfonamides is 1. The van der Waals surface area contributed by atoms with Crippen LogP contribution in [0.3, 0.4) is 0 Å². The van der Waals surface area contributed by atoms with Crippen LogP contribution in [0.1, 0.15) is 5.56 Å². The molecular formula is C11H12BrN3O2S. The van der Waals surface area contributed by atoms with Crippen LogP contribution in [0.2, 0.25) is 0 Å². The fraction of sp³-hybridized carbons (Fsp3) is 0.182. The lowest BCUT2D eigenvalue weighted by Gasteiger charge is -2.17. The molecule has 0 saturated heterocycles. The first-order valence-electron chi connectivity index (χ1n) is 5.20. The maximum Gasteiger partial charge on any atom is 0.244 e. The Labute approximate surface area is 114 Å². The molecule has 0 aliphatic rings. The summed E-state index contributed by atoms with van der Waals surface area (Å²) in [6.45, 7) is 0.278. The lowest BCUT2D eigenvalue weighted by atomic mass is 10.4. The van der Waals surface area contributed by atoms with Gasteiger partial charge in [0, 0.05) is 29.8 Å². The van der Waals surface area contributed by atoms with Gasteiger partial charge in [-0.3, -0.25) is 5.10 Å². The summed E-state index contributed by atoms with van der Waals surface area (Å²) in [4.78, 5) is 0.260. The predicted octanol–water partition coefficient (Wildman–Crippen LogP) is 1.99. The maximum absolute atomic E-state index is 12.3. The van der Waals surface area contributed by atoms with E-state index in [1.165, 1.54) is 4.31 Å². The molecule has 0 aliphatic heterocycles. The van der Waals surface area contributed by atoms with E-state index in [0.717, 1.165) is 5.56 Å². The molecule has 0 aliphatic carbocycles.